The molecule has 1 unspecified atom stereocenters. The van der Waals surface area contributed by atoms with Crippen molar-refractivity contribution < 1.29 is 14.7 Å². The molecular weight excluding hydrogens is 210 g/mol. The van der Waals surface area contributed by atoms with Gasteiger partial charge in [0, 0.05) is 11.3 Å². The number of H-pyrrole nitrogens is 1. The molecule has 1 amide bonds. The van der Waals surface area contributed by atoms with Gasteiger partial charge < -0.3 is 10.4 Å². The van der Waals surface area contributed by atoms with E-state index in [1.807, 2.05) is 6.92 Å². The Balaban J connectivity index is 2.62. The lowest BCUT2D eigenvalue weighted by Gasteiger charge is -2.09. The SMILES string of the molecule is Cc1n[nH]c(C)c1CC(=O)NC(C)C(=O)O. The molecule has 0 fully saturated rings. The smallest absolute Gasteiger partial charge is 0.325 e. The second-order valence-corrected chi connectivity index (χ2v) is 3.72. The van der Waals surface area contributed by atoms with E-state index in [1.54, 1.807) is 6.92 Å². The van der Waals surface area contributed by atoms with Crippen LogP contribution in [-0.4, -0.2) is 33.2 Å². The summed E-state index contributed by atoms with van der Waals surface area (Å²) in [4.78, 5) is 22.1. The highest BCUT2D eigenvalue weighted by molar-refractivity contribution is 5.84. The number of amides is 1. The summed E-state index contributed by atoms with van der Waals surface area (Å²) >= 11 is 0. The van der Waals surface area contributed by atoms with Crippen LogP contribution in [0.25, 0.3) is 0 Å². The highest BCUT2D eigenvalue weighted by atomic mass is 16.4. The quantitative estimate of drug-likeness (QED) is 0.680. The molecule has 1 atom stereocenters. The molecule has 0 radical (unpaired) electrons. The number of carbonyl (C=O) groups excluding carboxylic acids is 1. The van der Waals surface area contributed by atoms with Gasteiger partial charge in [-0.2, -0.15) is 5.10 Å². The maximum absolute atomic E-state index is 11.5. The molecule has 0 aliphatic heterocycles. The summed E-state index contributed by atoms with van der Waals surface area (Å²) in [5.74, 6) is -1.36. The Hall–Kier alpha value is -1.85. The number of carboxylic acids is 1. The van der Waals surface area contributed by atoms with Gasteiger partial charge in [-0.05, 0) is 20.8 Å². The predicted molar refractivity (Wildman–Crippen MR) is 57.0 cm³/mol. The summed E-state index contributed by atoms with van der Waals surface area (Å²) < 4.78 is 0. The Morgan fingerprint density at radius 2 is 2.12 bits per heavy atom. The molecule has 0 saturated carbocycles. The zero-order valence-corrected chi connectivity index (χ0v) is 9.50. The summed E-state index contributed by atoms with van der Waals surface area (Å²) in [6.07, 6.45) is 0.145. The molecule has 6 heteroatoms. The molecule has 0 aliphatic carbocycles. The number of hydrogen-bond acceptors (Lipinski definition) is 3. The highest BCUT2D eigenvalue weighted by Gasteiger charge is 2.16. The first kappa shape index (κ1) is 12.2. The van der Waals surface area contributed by atoms with Crippen LogP contribution in [0.5, 0.6) is 0 Å². The van der Waals surface area contributed by atoms with Gasteiger partial charge in [-0.3, -0.25) is 14.7 Å². The van der Waals surface area contributed by atoms with E-state index >= 15 is 0 Å². The van der Waals surface area contributed by atoms with Gasteiger partial charge in [-0.1, -0.05) is 0 Å². The van der Waals surface area contributed by atoms with Crippen molar-refractivity contribution in [2.24, 2.45) is 0 Å². The number of rotatable bonds is 4. The van der Waals surface area contributed by atoms with Gasteiger partial charge in [0.15, 0.2) is 0 Å². The Kier molecular flexibility index (Phi) is 3.65. The second-order valence-electron chi connectivity index (χ2n) is 3.72. The lowest BCUT2D eigenvalue weighted by Crippen LogP contribution is -2.39. The largest absolute Gasteiger partial charge is 0.480 e. The standard InChI is InChI=1S/C10H15N3O3/c1-5-8(6(2)13-12-5)4-9(14)11-7(3)10(15)16/h7H,4H2,1-3H3,(H,11,14)(H,12,13)(H,15,16). The van der Waals surface area contributed by atoms with E-state index < -0.39 is 12.0 Å². The third kappa shape index (κ3) is 2.82. The van der Waals surface area contributed by atoms with Gasteiger partial charge in [0.05, 0.1) is 12.1 Å². The van der Waals surface area contributed by atoms with E-state index in [1.165, 1.54) is 6.92 Å². The molecule has 1 heterocycles. The molecule has 0 spiro atoms. The maximum Gasteiger partial charge on any atom is 0.325 e. The Bertz CT molecular complexity index is 392. The van der Waals surface area contributed by atoms with Crippen LogP contribution in [0.2, 0.25) is 0 Å². The number of aromatic nitrogens is 2. The number of nitrogens with zero attached hydrogens (tertiary/aromatic N) is 1. The van der Waals surface area contributed by atoms with Crippen LogP contribution in [0.3, 0.4) is 0 Å². The monoisotopic (exact) mass is 225 g/mol. The second kappa shape index (κ2) is 4.78. The number of hydrogen-bond donors (Lipinski definition) is 3. The van der Waals surface area contributed by atoms with Crippen LogP contribution < -0.4 is 5.32 Å². The molecule has 6 nitrogen and oxygen atoms in total. The molecular formula is C10H15N3O3. The minimum absolute atomic E-state index is 0.145. The molecule has 1 rings (SSSR count). The van der Waals surface area contributed by atoms with Gasteiger partial charge in [-0.25, -0.2) is 0 Å². The molecule has 0 saturated heterocycles. The van der Waals surface area contributed by atoms with Crippen molar-refractivity contribution in [2.45, 2.75) is 33.2 Å². The molecule has 88 valence electrons. The van der Waals surface area contributed by atoms with Crippen molar-refractivity contribution >= 4 is 11.9 Å². The molecule has 1 aromatic heterocycles. The van der Waals surface area contributed by atoms with Crippen molar-refractivity contribution in [3.63, 3.8) is 0 Å². The topological polar surface area (TPSA) is 95.1 Å². The van der Waals surface area contributed by atoms with Crippen LogP contribution in [0.15, 0.2) is 0 Å². The molecule has 3 N–H and O–H groups in total. The van der Waals surface area contributed by atoms with Crippen molar-refractivity contribution in [2.75, 3.05) is 0 Å². The Morgan fingerprint density at radius 3 is 2.56 bits per heavy atom. The summed E-state index contributed by atoms with van der Waals surface area (Å²) in [6.45, 7) is 5.05. The third-order valence-corrected chi connectivity index (χ3v) is 2.37. The van der Waals surface area contributed by atoms with E-state index in [-0.39, 0.29) is 12.3 Å². The normalized spacial score (nSPS) is 12.2. The van der Waals surface area contributed by atoms with Crippen LogP contribution in [-0.2, 0) is 16.0 Å². The Labute approximate surface area is 93.1 Å². The molecule has 0 bridgehead atoms. The lowest BCUT2D eigenvalue weighted by atomic mass is 10.1. The maximum atomic E-state index is 11.5. The lowest BCUT2D eigenvalue weighted by molar-refractivity contribution is -0.141. The molecule has 16 heavy (non-hydrogen) atoms. The first-order valence-electron chi connectivity index (χ1n) is 4.94. The zero-order chi connectivity index (χ0) is 12.3. The summed E-state index contributed by atoms with van der Waals surface area (Å²) in [7, 11) is 0. The minimum Gasteiger partial charge on any atom is -0.480 e. The van der Waals surface area contributed by atoms with Crippen LogP contribution in [0, 0.1) is 13.8 Å². The van der Waals surface area contributed by atoms with Gasteiger partial charge in [0.2, 0.25) is 5.91 Å². The summed E-state index contributed by atoms with van der Waals surface area (Å²) in [5.41, 5.74) is 2.40. The van der Waals surface area contributed by atoms with Gasteiger partial charge in [0.1, 0.15) is 6.04 Å². The van der Waals surface area contributed by atoms with E-state index in [2.05, 4.69) is 15.5 Å². The zero-order valence-electron chi connectivity index (χ0n) is 9.50. The number of nitrogens with one attached hydrogen (secondary N) is 2. The molecule has 1 aromatic rings. The number of aryl methyl sites for hydroxylation is 2. The number of aromatic amines is 1. The fourth-order valence-corrected chi connectivity index (χ4v) is 1.35. The summed E-state index contributed by atoms with van der Waals surface area (Å²) in [6, 6.07) is -0.875. The van der Waals surface area contributed by atoms with Crippen molar-refractivity contribution in [1.82, 2.24) is 15.5 Å². The van der Waals surface area contributed by atoms with Gasteiger partial charge in [-0.15, -0.1) is 0 Å². The summed E-state index contributed by atoms with van der Waals surface area (Å²) in [5, 5.41) is 17.8. The number of carbonyl (C=O) groups is 2. The molecule has 0 aliphatic rings. The predicted octanol–water partition coefficient (Wildman–Crippen LogP) is 0.158. The fourth-order valence-electron chi connectivity index (χ4n) is 1.35. The van der Waals surface area contributed by atoms with E-state index in [9.17, 15) is 9.59 Å². The first-order chi connectivity index (χ1) is 7.41. The van der Waals surface area contributed by atoms with Crippen molar-refractivity contribution in [3.8, 4) is 0 Å². The van der Waals surface area contributed by atoms with E-state index in [0.717, 1.165) is 17.0 Å². The average Bonchev–Trinajstić information content (AvgIpc) is 2.49. The third-order valence-electron chi connectivity index (χ3n) is 2.37. The minimum atomic E-state index is -1.05. The fraction of sp³-hybridized carbons (Fsp3) is 0.500. The first-order valence-corrected chi connectivity index (χ1v) is 4.94. The van der Waals surface area contributed by atoms with Crippen molar-refractivity contribution in [3.05, 3.63) is 17.0 Å². The average molecular weight is 225 g/mol. The van der Waals surface area contributed by atoms with E-state index in [0.29, 0.717) is 0 Å². The molecule has 0 aromatic carbocycles. The van der Waals surface area contributed by atoms with Gasteiger partial charge >= 0.3 is 5.97 Å². The van der Waals surface area contributed by atoms with Gasteiger partial charge in [0.25, 0.3) is 0 Å². The van der Waals surface area contributed by atoms with Crippen molar-refractivity contribution in [1.29, 1.82) is 0 Å². The number of aliphatic carboxylic acids is 1. The van der Waals surface area contributed by atoms with Crippen LogP contribution in [0.1, 0.15) is 23.9 Å². The Morgan fingerprint density at radius 1 is 1.50 bits per heavy atom. The number of carboxylic acid groups (broad SMARTS) is 1. The highest BCUT2D eigenvalue weighted by Crippen LogP contribution is 2.09. The van der Waals surface area contributed by atoms with Crippen LogP contribution in [0.4, 0.5) is 0 Å². The van der Waals surface area contributed by atoms with Crippen LogP contribution >= 0.6 is 0 Å². The van der Waals surface area contributed by atoms with E-state index in [4.69, 9.17) is 5.11 Å².